The van der Waals surface area contributed by atoms with Crippen molar-refractivity contribution >= 4 is 12.1 Å². The first-order chi connectivity index (χ1) is 19.5. The van der Waals surface area contributed by atoms with Crippen LogP contribution in [0, 0.1) is 0 Å². The maximum absolute atomic E-state index is 13.0. The van der Waals surface area contributed by atoms with Crippen molar-refractivity contribution in [1.82, 2.24) is 9.80 Å². The molecule has 1 atom stereocenters. The molecule has 2 aliphatic rings. The van der Waals surface area contributed by atoms with Crippen LogP contribution in [0.5, 0.6) is 17.2 Å². The van der Waals surface area contributed by atoms with Crippen molar-refractivity contribution in [3.8, 4) is 17.2 Å². The van der Waals surface area contributed by atoms with Gasteiger partial charge in [0.25, 0.3) is 0 Å². The second kappa shape index (κ2) is 13.9. The summed E-state index contributed by atoms with van der Waals surface area (Å²) in [5.41, 5.74) is 1.92. The van der Waals surface area contributed by atoms with Crippen LogP contribution < -0.4 is 14.2 Å². The number of ether oxygens (including phenoxy) is 4. The van der Waals surface area contributed by atoms with E-state index >= 15 is 0 Å². The van der Waals surface area contributed by atoms with E-state index in [-0.39, 0.29) is 13.0 Å². The zero-order valence-corrected chi connectivity index (χ0v) is 22.7. The Kier molecular flexibility index (Phi) is 9.88. The van der Waals surface area contributed by atoms with Gasteiger partial charge in [0, 0.05) is 18.9 Å². The molecule has 1 heterocycles. The van der Waals surface area contributed by atoms with Gasteiger partial charge in [-0.15, -0.1) is 0 Å². The Morgan fingerprint density at radius 3 is 2.45 bits per heavy atom. The molecule has 1 amide bonds. The lowest BCUT2D eigenvalue weighted by Gasteiger charge is -2.27. The van der Waals surface area contributed by atoms with Crippen molar-refractivity contribution < 1.29 is 33.6 Å². The molecule has 1 N–H and O–H groups in total. The van der Waals surface area contributed by atoms with Crippen molar-refractivity contribution in [2.24, 2.45) is 0 Å². The lowest BCUT2D eigenvalue weighted by molar-refractivity contribution is -0.142. The molecule has 40 heavy (non-hydrogen) atoms. The standard InChI is InChI=1S/C31H34N2O7/c1-3-28(30(34)35)33(31(36)40-27-15-13-25(37-2)14-16-27)21-23-9-11-26(12-10-23)38-19-17-32-18-20-39-29(22-32)24-7-5-4-6-8-24/h4-5,7,9-16,18,20,22,28H,3,6,8,17,19,21H2,1-2H3,(H,34,35). The Labute approximate surface area is 234 Å². The van der Waals surface area contributed by atoms with Gasteiger partial charge in [-0.3, -0.25) is 4.90 Å². The minimum Gasteiger partial charge on any atom is -0.497 e. The first kappa shape index (κ1) is 28.4. The third kappa shape index (κ3) is 7.69. The number of methoxy groups -OCH3 is 1. The monoisotopic (exact) mass is 546 g/mol. The van der Waals surface area contributed by atoms with Crippen LogP contribution in [0.1, 0.15) is 31.7 Å². The van der Waals surface area contributed by atoms with Gasteiger partial charge in [-0.25, -0.2) is 9.59 Å². The van der Waals surface area contributed by atoms with E-state index in [0.29, 0.717) is 30.4 Å². The van der Waals surface area contributed by atoms with Gasteiger partial charge in [-0.2, -0.15) is 0 Å². The largest absolute Gasteiger partial charge is 0.497 e. The highest BCUT2D eigenvalue weighted by Gasteiger charge is 2.30. The normalized spacial score (nSPS) is 14.9. The number of nitrogens with zero attached hydrogens (tertiary/aromatic N) is 2. The molecule has 4 rings (SSSR count). The minimum atomic E-state index is -1.10. The van der Waals surface area contributed by atoms with Crippen LogP contribution >= 0.6 is 0 Å². The maximum Gasteiger partial charge on any atom is 0.416 e. The van der Waals surface area contributed by atoms with Crippen molar-refractivity contribution in [3.63, 3.8) is 0 Å². The Balaban J connectivity index is 1.34. The first-order valence-corrected chi connectivity index (χ1v) is 13.2. The van der Waals surface area contributed by atoms with Crippen LogP contribution in [0.15, 0.2) is 96.8 Å². The highest BCUT2D eigenvalue weighted by molar-refractivity contribution is 5.81. The zero-order chi connectivity index (χ0) is 28.3. The minimum absolute atomic E-state index is 0.0667. The fourth-order valence-corrected chi connectivity index (χ4v) is 4.30. The van der Waals surface area contributed by atoms with Crippen molar-refractivity contribution in [2.75, 3.05) is 20.3 Å². The molecule has 0 saturated carbocycles. The van der Waals surface area contributed by atoms with Gasteiger partial charge in [-0.05, 0) is 66.8 Å². The van der Waals surface area contributed by atoms with E-state index in [1.807, 2.05) is 35.5 Å². The molecule has 9 heteroatoms. The summed E-state index contributed by atoms with van der Waals surface area (Å²) in [4.78, 5) is 28.2. The first-order valence-electron chi connectivity index (χ1n) is 13.2. The van der Waals surface area contributed by atoms with Crippen molar-refractivity contribution in [2.45, 2.75) is 38.8 Å². The number of carboxylic acids is 1. The SMILES string of the molecule is CCC(C(=O)O)N(Cc1ccc(OCCN2C=COC(C3=CC=CCC3)=C2)cc1)C(=O)Oc1ccc(OC)cc1. The van der Waals surface area contributed by atoms with E-state index < -0.39 is 18.1 Å². The zero-order valence-electron chi connectivity index (χ0n) is 22.7. The van der Waals surface area contributed by atoms with Gasteiger partial charge in [0.15, 0.2) is 0 Å². The molecule has 210 valence electrons. The van der Waals surface area contributed by atoms with Gasteiger partial charge in [0.2, 0.25) is 0 Å². The topological polar surface area (TPSA) is 97.8 Å². The van der Waals surface area contributed by atoms with Crippen LogP contribution in [0.2, 0.25) is 0 Å². The Morgan fingerprint density at radius 2 is 1.80 bits per heavy atom. The third-order valence-electron chi connectivity index (χ3n) is 6.50. The molecule has 0 bridgehead atoms. The number of aliphatic carboxylic acids is 1. The highest BCUT2D eigenvalue weighted by atomic mass is 16.6. The van der Waals surface area contributed by atoms with Crippen LogP contribution in [0.3, 0.4) is 0 Å². The van der Waals surface area contributed by atoms with Gasteiger partial charge in [0.1, 0.15) is 41.9 Å². The number of rotatable bonds is 12. The van der Waals surface area contributed by atoms with Crippen molar-refractivity contribution in [3.05, 3.63) is 102 Å². The molecule has 1 aliphatic heterocycles. The molecule has 1 aliphatic carbocycles. The lowest BCUT2D eigenvalue weighted by atomic mass is 10.0. The second-order valence-corrected chi connectivity index (χ2v) is 9.22. The highest BCUT2D eigenvalue weighted by Crippen LogP contribution is 2.25. The predicted octanol–water partition coefficient (Wildman–Crippen LogP) is 5.86. The Hall–Kier alpha value is -4.66. The van der Waals surface area contributed by atoms with E-state index in [4.69, 9.17) is 18.9 Å². The molecule has 0 fully saturated rings. The van der Waals surface area contributed by atoms with E-state index in [2.05, 4.69) is 12.2 Å². The molecular weight excluding hydrogens is 512 g/mol. The number of amides is 1. The Morgan fingerprint density at radius 1 is 1.07 bits per heavy atom. The summed E-state index contributed by atoms with van der Waals surface area (Å²) >= 11 is 0. The number of allylic oxidation sites excluding steroid dienone is 4. The van der Waals surface area contributed by atoms with Crippen molar-refractivity contribution in [1.29, 1.82) is 0 Å². The van der Waals surface area contributed by atoms with Gasteiger partial charge in [-0.1, -0.05) is 37.3 Å². The van der Waals surface area contributed by atoms with E-state index in [1.54, 1.807) is 56.7 Å². The molecule has 0 spiro atoms. The van der Waals surface area contributed by atoms with Gasteiger partial charge in [0.05, 0.1) is 13.7 Å². The third-order valence-corrected chi connectivity index (χ3v) is 6.50. The van der Waals surface area contributed by atoms with E-state index in [9.17, 15) is 14.7 Å². The smallest absolute Gasteiger partial charge is 0.416 e. The molecule has 1 unspecified atom stereocenters. The quantitative estimate of drug-likeness (QED) is 0.354. The summed E-state index contributed by atoms with van der Waals surface area (Å²) in [5.74, 6) is 1.33. The average molecular weight is 547 g/mol. The number of carboxylic acid groups (broad SMARTS) is 1. The summed E-state index contributed by atoms with van der Waals surface area (Å²) in [7, 11) is 1.54. The molecule has 0 radical (unpaired) electrons. The number of carbonyl (C=O) groups excluding carboxylic acids is 1. The number of hydrogen-bond acceptors (Lipinski definition) is 7. The molecule has 2 aromatic carbocycles. The van der Waals surface area contributed by atoms with Crippen LogP contribution in [0.4, 0.5) is 4.79 Å². The molecule has 0 saturated heterocycles. The molecule has 2 aromatic rings. The van der Waals surface area contributed by atoms with Crippen LogP contribution in [-0.2, 0) is 16.1 Å². The predicted molar refractivity (Wildman–Crippen MR) is 150 cm³/mol. The summed E-state index contributed by atoms with van der Waals surface area (Å²) in [5, 5.41) is 9.73. The summed E-state index contributed by atoms with van der Waals surface area (Å²) in [6, 6.07) is 12.7. The fraction of sp³-hybridized carbons (Fsp3) is 0.290. The van der Waals surface area contributed by atoms with Gasteiger partial charge < -0.3 is 29.0 Å². The lowest BCUT2D eigenvalue weighted by Crippen LogP contribution is -2.45. The average Bonchev–Trinajstić information content (AvgIpc) is 2.98. The molecule has 0 aromatic heterocycles. The summed E-state index contributed by atoms with van der Waals surface area (Å²) < 4.78 is 22.2. The Bertz CT molecular complexity index is 1280. The summed E-state index contributed by atoms with van der Waals surface area (Å²) in [6.45, 7) is 2.87. The number of benzene rings is 2. The molecule has 9 nitrogen and oxygen atoms in total. The van der Waals surface area contributed by atoms with Gasteiger partial charge >= 0.3 is 12.1 Å². The van der Waals surface area contributed by atoms with E-state index in [0.717, 1.165) is 24.2 Å². The number of carbonyl (C=O) groups is 2. The molecular formula is C31H34N2O7. The second-order valence-electron chi connectivity index (χ2n) is 9.22. The maximum atomic E-state index is 13.0. The van der Waals surface area contributed by atoms with Crippen LogP contribution in [-0.4, -0.2) is 53.3 Å². The summed E-state index contributed by atoms with van der Waals surface area (Å²) in [6.07, 6.45) is 13.2. The number of hydrogen-bond donors (Lipinski definition) is 1. The van der Waals surface area contributed by atoms with Crippen LogP contribution in [0.25, 0.3) is 0 Å². The van der Waals surface area contributed by atoms with E-state index in [1.165, 1.54) is 10.5 Å². The fourth-order valence-electron chi connectivity index (χ4n) is 4.30.